The van der Waals surface area contributed by atoms with Gasteiger partial charge in [0.15, 0.2) is 0 Å². The van der Waals surface area contributed by atoms with Gasteiger partial charge in [0.25, 0.3) is 0 Å². The average molecular weight is 260 g/mol. The van der Waals surface area contributed by atoms with E-state index in [0.717, 1.165) is 5.56 Å². The molecule has 1 unspecified atom stereocenters. The fraction of sp³-hybridized carbons (Fsp3) is 0.467. The van der Waals surface area contributed by atoms with Gasteiger partial charge in [0.05, 0.1) is 0 Å². The Bertz CT molecular complexity index is 485. The third-order valence-electron chi connectivity index (χ3n) is 3.58. The standard InChI is InChI=1S/C15H20N2O2/c1-3-13-15(19)17(9-8-14(18)16-13)10-12-7-5-4-6-11(12)2/h4-7,13H,3,8-10H2,1-2H3,(H,16,18). The van der Waals surface area contributed by atoms with Gasteiger partial charge in [-0.1, -0.05) is 31.2 Å². The van der Waals surface area contributed by atoms with Crippen LogP contribution in [0.2, 0.25) is 0 Å². The summed E-state index contributed by atoms with van der Waals surface area (Å²) in [7, 11) is 0. The molecule has 19 heavy (non-hydrogen) atoms. The van der Waals surface area contributed by atoms with Crippen LogP contribution in [0.15, 0.2) is 24.3 Å². The Labute approximate surface area is 113 Å². The van der Waals surface area contributed by atoms with E-state index >= 15 is 0 Å². The van der Waals surface area contributed by atoms with Crippen molar-refractivity contribution in [3.8, 4) is 0 Å². The molecule has 0 saturated carbocycles. The summed E-state index contributed by atoms with van der Waals surface area (Å²) in [4.78, 5) is 25.7. The largest absolute Gasteiger partial charge is 0.344 e. The van der Waals surface area contributed by atoms with Gasteiger partial charge in [-0.3, -0.25) is 9.59 Å². The van der Waals surface area contributed by atoms with E-state index < -0.39 is 0 Å². The van der Waals surface area contributed by atoms with Crippen molar-refractivity contribution in [1.29, 1.82) is 0 Å². The monoisotopic (exact) mass is 260 g/mol. The van der Waals surface area contributed by atoms with Crippen molar-refractivity contribution in [3.63, 3.8) is 0 Å². The molecule has 1 aromatic rings. The van der Waals surface area contributed by atoms with Crippen LogP contribution in [-0.2, 0) is 16.1 Å². The van der Waals surface area contributed by atoms with E-state index in [1.807, 2.05) is 38.1 Å². The number of nitrogens with one attached hydrogen (secondary N) is 1. The number of hydrogen-bond donors (Lipinski definition) is 1. The lowest BCUT2D eigenvalue weighted by Crippen LogP contribution is -2.43. The van der Waals surface area contributed by atoms with E-state index in [4.69, 9.17) is 0 Å². The van der Waals surface area contributed by atoms with Crippen LogP contribution in [-0.4, -0.2) is 29.3 Å². The van der Waals surface area contributed by atoms with Gasteiger partial charge in [-0.05, 0) is 24.5 Å². The Morgan fingerprint density at radius 2 is 2.05 bits per heavy atom. The van der Waals surface area contributed by atoms with Crippen LogP contribution >= 0.6 is 0 Å². The molecule has 2 amide bonds. The van der Waals surface area contributed by atoms with Crippen molar-refractivity contribution < 1.29 is 9.59 Å². The van der Waals surface area contributed by atoms with Crippen LogP contribution in [0, 0.1) is 6.92 Å². The molecule has 0 aromatic heterocycles. The molecule has 0 spiro atoms. The summed E-state index contributed by atoms with van der Waals surface area (Å²) < 4.78 is 0. The molecule has 0 aliphatic carbocycles. The first-order valence-electron chi connectivity index (χ1n) is 6.74. The number of benzene rings is 1. The van der Waals surface area contributed by atoms with E-state index in [9.17, 15) is 9.59 Å². The maximum atomic E-state index is 12.3. The maximum Gasteiger partial charge on any atom is 0.245 e. The first-order valence-corrected chi connectivity index (χ1v) is 6.74. The second-order valence-corrected chi connectivity index (χ2v) is 4.96. The Hall–Kier alpha value is -1.84. The molecule has 4 nitrogen and oxygen atoms in total. The van der Waals surface area contributed by atoms with E-state index in [2.05, 4.69) is 5.32 Å². The molecule has 0 bridgehead atoms. The van der Waals surface area contributed by atoms with Crippen molar-refractivity contribution in [1.82, 2.24) is 10.2 Å². The van der Waals surface area contributed by atoms with Gasteiger partial charge in [0, 0.05) is 19.5 Å². The highest BCUT2D eigenvalue weighted by molar-refractivity contribution is 5.89. The Morgan fingerprint density at radius 3 is 2.74 bits per heavy atom. The summed E-state index contributed by atoms with van der Waals surface area (Å²) in [6.45, 7) is 5.03. The zero-order valence-electron chi connectivity index (χ0n) is 11.5. The lowest BCUT2D eigenvalue weighted by molar-refractivity contribution is -0.134. The predicted molar refractivity (Wildman–Crippen MR) is 73.4 cm³/mol. The van der Waals surface area contributed by atoms with Crippen molar-refractivity contribution in [2.24, 2.45) is 0 Å². The van der Waals surface area contributed by atoms with Crippen molar-refractivity contribution in [3.05, 3.63) is 35.4 Å². The third-order valence-corrected chi connectivity index (χ3v) is 3.58. The van der Waals surface area contributed by atoms with Crippen LogP contribution in [0.3, 0.4) is 0 Å². The summed E-state index contributed by atoms with van der Waals surface area (Å²) in [5.41, 5.74) is 2.31. The van der Waals surface area contributed by atoms with Crippen LogP contribution < -0.4 is 5.32 Å². The van der Waals surface area contributed by atoms with Gasteiger partial charge in [-0.25, -0.2) is 0 Å². The van der Waals surface area contributed by atoms with Gasteiger partial charge in [-0.15, -0.1) is 0 Å². The number of aryl methyl sites for hydroxylation is 1. The van der Waals surface area contributed by atoms with Crippen molar-refractivity contribution in [2.75, 3.05) is 6.54 Å². The Balaban J connectivity index is 2.16. The van der Waals surface area contributed by atoms with Crippen LogP contribution in [0.5, 0.6) is 0 Å². The fourth-order valence-electron chi connectivity index (χ4n) is 2.32. The molecule has 1 atom stereocenters. The van der Waals surface area contributed by atoms with Gasteiger partial charge in [0.1, 0.15) is 6.04 Å². The third kappa shape index (κ3) is 3.13. The Morgan fingerprint density at radius 1 is 1.32 bits per heavy atom. The molecular weight excluding hydrogens is 240 g/mol. The minimum Gasteiger partial charge on any atom is -0.344 e. The van der Waals surface area contributed by atoms with Crippen LogP contribution in [0.25, 0.3) is 0 Å². The quantitative estimate of drug-likeness (QED) is 0.898. The maximum absolute atomic E-state index is 12.3. The van der Waals surface area contributed by atoms with E-state index in [1.54, 1.807) is 4.90 Å². The summed E-state index contributed by atoms with van der Waals surface area (Å²) in [5, 5.41) is 2.78. The zero-order chi connectivity index (χ0) is 13.8. The second kappa shape index (κ2) is 5.87. The lowest BCUT2D eigenvalue weighted by atomic mass is 10.1. The topological polar surface area (TPSA) is 49.4 Å². The van der Waals surface area contributed by atoms with Gasteiger partial charge < -0.3 is 10.2 Å². The molecule has 102 valence electrons. The first-order chi connectivity index (χ1) is 9.11. The number of amides is 2. The van der Waals surface area contributed by atoms with E-state index in [1.165, 1.54) is 5.56 Å². The molecule has 1 fully saturated rings. The highest BCUT2D eigenvalue weighted by atomic mass is 16.2. The predicted octanol–water partition coefficient (Wildman–Crippen LogP) is 1.62. The van der Waals surface area contributed by atoms with Gasteiger partial charge >= 0.3 is 0 Å². The molecule has 1 N–H and O–H groups in total. The molecule has 1 saturated heterocycles. The minimum absolute atomic E-state index is 0.0246. The second-order valence-electron chi connectivity index (χ2n) is 4.96. The number of hydrogen-bond acceptors (Lipinski definition) is 2. The molecule has 0 radical (unpaired) electrons. The summed E-state index contributed by atoms with van der Waals surface area (Å²) >= 11 is 0. The normalized spacial score (nSPS) is 20.1. The number of nitrogens with zero attached hydrogens (tertiary/aromatic N) is 1. The molecule has 1 heterocycles. The zero-order valence-corrected chi connectivity index (χ0v) is 11.5. The SMILES string of the molecule is CCC1NC(=O)CCN(Cc2ccccc2C)C1=O. The highest BCUT2D eigenvalue weighted by Crippen LogP contribution is 2.14. The van der Waals surface area contributed by atoms with Gasteiger partial charge in [-0.2, -0.15) is 0 Å². The van der Waals surface area contributed by atoms with Crippen LogP contribution in [0.1, 0.15) is 30.9 Å². The van der Waals surface area contributed by atoms with E-state index in [-0.39, 0.29) is 17.9 Å². The molecule has 1 aliphatic rings. The molecule has 4 heteroatoms. The van der Waals surface area contributed by atoms with Crippen molar-refractivity contribution >= 4 is 11.8 Å². The number of carbonyl (C=O) groups excluding carboxylic acids is 2. The van der Waals surface area contributed by atoms with Gasteiger partial charge in [0.2, 0.25) is 11.8 Å². The minimum atomic E-state index is -0.376. The van der Waals surface area contributed by atoms with Crippen LogP contribution in [0.4, 0.5) is 0 Å². The van der Waals surface area contributed by atoms with Crippen molar-refractivity contribution in [2.45, 2.75) is 39.3 Å². The summed E-state index contributed by atoms with van der Waals surface area (Å²) in [6.07, 6.45) is 1.02. The summed E-state index contributed by atoms with van der Waals surface area (Å²) in [5.74, 6) is -0.0101. The Kier molecular flexibility index (Phi) is 4.20. The molecular formula is C15H20N2O2. The smallest absolute Gasteiger partial charge is 0.245 e. The lowest BCUT2D eigenvalue weighted by Gasteiger charge is -2.24. The van der Waals surface area contributed by atoms with E-state index in [0.29, 0.717) is 25.9 Å². The highest BCUT2D eigenvalue weighted by Gasteiger charge is 2.28. The average Bonchev–Trinajstić information content (AvgIpc) is 2.54. The number of rotatable bonds is 3. The summed E-state index contributed by atoms with van der Waals surface area (Å²) in [6, 6.07) is 7.66. The first kappa shape index (κ1) is 13.6. The number of carbonyl (C=O) groups is 2. The fourth-order valence-corrected chi connectivity index (χ4v) is 2.32. The molecule has 1 aromatic carbocycles. The molecule has 2 rings (SSSR count). The molecule has 1 aliphatic heterocycles.